The van der Waals surface area contributed by atoms with Crippen LogP contribution in [0.1, 0.15) is 0 Å². The molecule has 1 aliphatic rings. The molecule has 0 saturated carbocycles. The maximum Gasteiger partial charge on any atom is 0.135 e. The third kappa shape index (κ3) is 4.21. The van der Waals surface area contributed by atoms with Crippen LogP contribution in [0.15, 0.2) is 22.7 Å². The zero-order valence-electron chi connectivity index (χ0n) is 9.61. The van der Waals surface area contributed by atoms with E-state index < -0.39 is 0 Å². The average molecular weight is 344 g/mol. The second kappa shape index (κ2) is 8.03. The molecule has 0 unspecified atom stereocenters. The number of nitrogens with zero attached hydrogens (tertiary/aromatic N) is 1. The summed E-state index contributed by atoms with van der Waals surface area (Å²) < 4.78 is 6.29. The van der Waals surface area contributed by atoms with Gasteiger partial charge < -0.3 is 15.0 Å². The topological polar surface area (TPSA) is 24.5 Å². The number of nitrogens with one attached hydrogen (secondary N) is 1. The molecule has 98 valence electrons. The molecule has 0 spiro atoms. The van der Waals surface area contributed by atoms with Gasteiger partial charge in [-0.05, 0) is 28.1 Å². The van der Waals surface area contributed by atoms with Gasteiger partial charge in [-0.1, -0.05) is 0 Å². The molecule has 2 rings (SSSR count). The highest BCUT2D eigenvalue weighted by Gasteiger charge is 2.11. The van der Waals surface area contributed by atoms with E-state index >= 15 is 0 Å². The van der Waals surface area contributed by atoms with Crippen LogP contribution in [0.25, 0.3) is 0 Å². The Labute approximate surface area is 123 Å². The van der Waals surface area contributed by atoms with E-state index in [9.17, 15) is 0 Å². The molecule has 0 atom stereocenters. The van der Waals surface area contributed by atoms with Gasteiger partial charge in [0.1, 0.15) is 5.75 Å². The minimum Gasteiger partial charge on any atom is -0.495 e. The van der Waals surface area contributed by atoms with Gasteiger partial charge in [-0.15, -0.1) is 24.8 Å². The first-order chi connectivity index (χ1) is 7.31. The van der Waals surface area contributed by atoms with Crippen molar-refractivity contribution in [1.82, 2.24) is 5.32 Å². The highest BCUT2D eigenvalue weighted by atomic mass is 79.9. The quantitative estimate of drug-likeness (QED) is 0.893. The number of piperazine rings is 1. The standard InChI is InChI=1S/C11H15BrN2O.2ClH/c1-15-11-8-9(2-3-10(11)12)14-6-4-13-5-7-14;;/h2-3,8,13H,4-7H2,1H3;2*1H. The van der Waals surface area contributed by atoms with Crippen LogP contribution in [0.2, 0.25) is 0 Å². The lowest BCUT2D eigenvalue weighted by Gasteiger charge is -2.29. The van der Waals surface area contributed by atoms with Gasteiger partial charge >= 0.3 is 0 Å². The Morgan fingerprint density at radius 3 is 2.47 bits per heavy atom. The zero-order valence-corrected chi connectivity index (χ0v) is 12.8. The first-order valence-electron chi connectivity index (χ1n) is 5.10. The molecule has 3 nitrogen and oxygen atoms in total. The predicted octanol–water partition coefficient (Wildman–Crippen LogP) is 2.71. The van der Waals surface area contributed by atoms with Crippen LogP contribution in [-0.2, 0) is 0 Å². The highest BCUT2D eigenvalue weighted by Crippen LogP contribution is 2.29. The van der Waals surface area contributed by atoms with Crippen LogP contribution in [0.5, 0.6) is 5.75 Å². The molecule has 1 N–H and O–H groups in total. The molecule has 0 amide bonds. The Morgan fingerprint density at radius 2 is 1.88 bits per heavy atom. The van der Waals surface area contributed by atoms with Crippen LogP contribution in [-0.4, -0.2) is 33.3 Å². The molecular formula is C11H17BrCl2N2O. The van der Waals surface area contributed by atoms with Crippen LogP contribution in [0.3, 0.4) is 0 Å². The third-order valence-electron chi connectivity index (χ3n) is 2.62. The summed E-state index contributed by atoms with van der Waals surface area (Å²) in [4.78, 5) is 2.37. The van der Waals surface area contributed by atoms with Crippen molar-refractivity contribution in [2.45, 2.75) is 0 Å². The summed E-state index contributed by atoms with van der Waals surface area (Å²) in [5, 5.41) is 3.34. The van der Waals surface area contributed by atoms with Gasteiger partial charge in [-0.25, -0.2) is 0 Å². The van der Waals surface area contributed by atoms with Gasteiger partial charge in [-0.3, -0.25) is 0 Å². The van der Waals surface area contributed by atoms with E-state index in [4.69, 9.17) is 4.74 Å². The van der Waals surface area contributed by atoms with Crippen LogP contribution in [0, 0.1) is 0 Å². The Morgan fingerprint density at radius 1 is 1.24 bits per heavy atom. The lowest BCUT2D eigenvalue weighted by molar-refractivity contribution is 0.412. The summed E-state index contributed by atoms with van der Waals surface area (Å²) in [5.74, 6) is 0.894. The Balaban J connectivity index is 0.00000128. The van der Waals surface area contributed by atoms with Gasteiger partial charge in [0.2, 0.25) is 0 Å². The van der Waals surface area contributed by atoms with Crippen LogP contribution < -0.4 is 15.0 Å². The van der Waals surface area contributed by atoms with Crippen molar-refractivity contribution in [3.8, 4) is 5.75 Å². The molecule has 0 radical (unpaired) electrons. The van der Waals surface area contributed by atoms with E-state index in [1.807, 2.05) is 6.07 Å². The van der Waals surface area contributed by atoms with Gasteiger partial charge in [0.05, 0.1) is 11.6 Å². The molecular weight excluding hydrogens is 327 g/mol. The maximum absolute atomic E-state index is 5.29. The number of halogens is 3. The smallest absolute Gasteiger partial charge is 0.135 e. The van der Waals surface area contributed by atoms with E-state index in [-0.39, 0.29) is 24.8 Å². The molecule has 0 bridgehead atoms. The van der Waals surface area contributed by atoms with Crippen LogP contribution in [0.4, 0.5) is 5.69 Å². The first kappa shape index (κ1) is 16.8. The number of methoxy groups -OCH3 is 1. The zero-order chi connectivity index (χ0) is 10.7. The van der Waals surface area contributed by atoms with Crippen LogP contribution >= 0.6 is 40.7 Å². The Bertz CT molecular complexity index is 346. The number of rotatable bonds is 2. The fourth-order valence-electron chi connectivity index (χ4n) is 1.77. The summed E-state index contributed by atoms with van der Waals surface area (Å²) in [5.41, 5.74) is 1.23. The summed E-state index contributed by atoms with van der Waals surface area (Å²) in [6.07, 6.45) is 0. The van der Waals surface area contributed by atoms with Crippen molar-refractivity contribution in [3.05, 3.63) is 22.7 Å². The fourth-order valence-corrected chi connectivity index (χ4v) is 2.18. The van der Waals surface area contributed by atoms with Crippen molar-refractivity contribution < 1.29 is 4.74 Å². The van der Waals surface area contributed by atoms with E-state index in [2.05, 4.69) is 38.3 Å². The van der Waals surface area contributed by atoms with Crippen molar-refractivity contribution in [2.75, 3.05) is 38.2 Å². The molecule has 1 saturated heterocycles. The van der Waals surface area contributed by atoms with Gasteiger partial charge in [-0.2, -0.15) is 0 Å². The summed E-state index contributed by atoms with van der Waals surface area (Å²) in [6.45, 7) is 4.23. The molecule has 1 fully saturated rings. The lowest BCUT2D eigenvalue weighted by Crippen LogP contribution is -2.43. The predicted molar refractivity (Wildman–Crippen MR) is 80.3 cm³/mol. The van der Waals surface area contributed by atoms with Crippen molar-refractivity contribution in [1.29, 1.82) is 0 Å². The van der Waals surface area contributed by atoms with E-state index in [0.717, 1.165) is 36.4 Å². The molecule has 1 aromatic rings. The monoisotopic (exact) mass is 342 g/mol. The number of ether oxygens (including phenoxy) is 1. The SMILES string of the molecule is COc1cc(N2CCNCC2)ccc1Br.Cl.Cl. The maximum atomic E-state index is 5.29. The fraction of sp³-hybridized carbons (Fsp3) is 0.455. The third-order valence-corrected chi connectivity index (χ3v) is 3.27. The molecule has 0 aliphatic carbocycles. The van der Waals surface area contributed by atoms with E-state index in [1.165, 1.54) is 5.69 Å². The normalized spacial score (nSPS) is 14.6. The first-order valence-corrected chi connectivity index (χ1v) is 5.90. The molecule has 0 aromatic heterocycles. The lowest BCUT2D eigenvalue weighted by atomic mass is 10.2. The Hall–Kier alpha value is -0.160. The minimum atomic E-state index is 0. The van der Waals surface area contributed by atoms with E-state index in [0.29, 0.717) is 0 Å². The summed E-state index contributed by atoms with van der Waals surface area (Å²) in [6, 6.07) is 6.24. The van der Waals surface area contributed by atoms with Crippen molar-refractivity contribution in [3.63, 3.8) is 0 Å². The number of hydrogen-bond acceptors (Lipinski definition) is 3. The highest BCUT2D eigenvalue weighted by molar-refractivity contribution is 9.10. The van der Waals surface area contributed by atoms with Gasteiger partial charge in [0.25, 0.3) is 0 Å². The van der Waals surface area contributed by atoms with Crippen molar-refractivity contribution >= 4 is 46.4 Å². The summed E-state index contributed by atoms with van der Waals surface area (Å²) in [7, 11) is 1.70. The average Bonchev–Trinajstić information content (AvgIpc) is 2.31. The second-order valence-electron chi connectivity index (χ2n) is 3.56. The van der Waals surface area contributed by atoms with Gasteiger partial charge in [0.15, 0.2) is 0 Å². The van der Waals surface area contributed by atoms with E-state index in [1.54, 1.807) is 7.11 Å². The molecule has 6 heteroatoms. The summed E-state index contributed by atoms with van der Waals surface area (Å²) >= 11 is 3.46. The number of benzene rings is 1. The molecule has 1 aromatic carbocycles. The van der Waals surface area contributed by atoms with Gasteiger partial charge in [0, 0.05) is 37.9 Å². The molecule has 17 heavy (non-hydrogen) atoms. The molecule has 1 aliphatic heterocycles. The van der Waals surface area contributed by atoms with Crippen molar-refractivity contribution in [2.24, 2.45) is 0 Å². The minimum absolute atomic E-state index is 0. The Kier molecular flexibility index (Phi) is 7.96. The molecule has 1 heterocycles. The number of hydrogen-bond donors (Lipinski definition) is 1. The largest absolute Gasteiger partial charge is 0.495 e. The number of anilines is 1. The second-order valence-corrected chi connectivity index (χ2v) is 4.41.